The van der Waals surface area contributed by atoms with E-state index in [1.165, 1.54) is 18.2 Å². The van der Waals surface area contributed by atoms with Crippen molar-refractivity contribution in [1.82, 2.24) is 24.4 Å². The molecule has 1 amide bonds. The van der Waals surface area contributed by atoms with E-state index < -0.39 is 5.82 Å². The normalized spacial score (nSPS) is 11.0. The number of methoxy groups -OCH3 is 1. The van der Waals surface area contributed by atoms with Crippen LogP contribution in [0.1, 0.15) is 0 Å². The number of imidazole rings is 1. The Hall–Kier alpha value is -4.22. The van der Waals surface area contributed by atoms with E-state index in [0.29, 0.717) is 34.0 Å². The highest BCUT2D eigenvalue weighted by Crippen LogP contribution is 2.38. The summed E-state index contributed by atoms with van der Waals surface area (Å²) in [5.74, 6) is -0.0710. The van der Waals surface area contributed by atoms with Gasteiger partial charge in [0.25, 0.3) is 0 Å². The van der Waals surface area contributed by atoms with Crippen molar-refractivity contribution in [1.29, 1.82) is 0 Å². The third kappa shape index (κ3) is 5.84. The van der Waals surface area contributed by atoms with Gasteiger partial charge in [0, 0.05) is 26.2 Å². The summed E-state index contributed by atoms with van der Waals surface area (Å²) >= 11 is 5.98. The van der Waals surface area contributed by atoms with Gasteiger partial charge in [-0.15, -0.1) is 0 Å². The molecule has 0 atom stereocenters. The van der Waals surface area contributed by atoms with Crippen LogP contribution in [0.25, 0.3) is 16.9 Å². The number of carbonyl (C=O) groups is 1. The molecule has 2 aromatic heterocycles. The Labute approximate surface area is 224 Å². The zero-order valence-corrected chi connectivity index (χ0v) is 22.3. The van der Waals surface area contributed by atoms with Crippen LogP contribution in [0.15, 0.2) is 55.5 Å². The summed E-state index contributed by atoms with van der Waals surface area (Å²) in [4.78, 5) is 29.6. The van der Waals surface area contributed by atoms with Crippen LogP contribution in [0.3, 0.4) is 0 Å². The number of nitrogens with one attached hydrogen (secondary N) is 2. The van der Waals surface area contributed by atoms with Gasteiger partial charge in [-0.2, -0.15) is 4.98 Å². The molecule has 38 heavy (non-hydrogen) atoms. The molecular weight excluding hydrogens is 511 g/mol. The number of ether oxygens (including phenoxy) is 1. The van der Waals surface area contributed by atoms with E-state index in [-0.39, 0.29) is 16.9 Å². The first kappa shape index (κ1) is 26.8. The maximum atomic E-state index is 13.7. The first-order chi connectivity index (χ1) is 18.2. The van der Waals surface area contributed by atoms with E-state index in [4.69, 9.17) is 16.3 Å². The Bertz CT molecular complexity index is 1490. The smallest absolute Gasteiger partial charge is 0.247 e. The fraction of sp³-hybridized carbons (Fsp3) is 0.231. The van der Waals surface area contributed by atoms with Crippen LogP contribution in [-0.2, 0) is 4.79 Å². The molecule has 0 bridgehead atoms. The van der Waals surface area contributed by atoms with Gasteiger partial charge in [0.05, 0.1) is 41.1 Å². The average molecular weight is 539 g/mol. The summed E-state index contributed by atoms with van der Waals surface area (Å²) in [6.07, 6.45) is 4.35. The third-order valence-corrected chi connectivity index (χ3v) is 6.06. The third-order valence-electron chi connectivity index (χ3n) is 5.77. The van der Waals surface area contributed by atoms with Gasteiger partial charge in [0.1, 0.15) is 23.4 Å². The fourth-order valence-electron chi connectivity index (χ4n) is 3.72. The lowest BCUT2D eigenvalue weighted by Crippen LogP contribution is -2.29. The fourth-order valence-corrected chi connectivity index (χ4v) is 3.89. The molecule has 0 radical (unpaired) electrons. The van der Waals surface area contributed by atoms with Gasteiger partial charge >= 0.3 is 0 Å². The number of nitrogens with zero attached hydrogens (tertiary/aromatic N) is 6. The number of halogens is 2. The Kier molecular flexibility index (Phi) is 8.08. The number of hydrogen-bond acceptors (Lipinski definition) is 8. The van der Waals surface area contributed by atoms with Gasteiger partial charge in [-0.25, -0.2) is 14.4 Å². The van der Waals surface area contributed by atoms with Gasteiger partial charge in [-0.1, -0.05) is 18.2 Å². The van der Waals surface area contributed by atoms with Crippen molar-refractivity contribution in [3.05, 3.63) is 66.4 Å². The van der Waals surface area contributed by atoms with Crippen molar-refractivity contribution in [2.75, 3.05) is 56.9 Å². The van der Waals surface area contributed by atoms with E-state index >= 15 is 0 Å². The number of anilines is 4. The van der Waals surface area contributed by atoms with Crippen LogP contribution in [0.2, 0.25) is 5.02 Å². The molecule has 0 unspecified atom stereocenters. The first-order valence-corrected chi connectivity index (χ1v) is 12.0. The maximum absolute atomic E-state index is 13.7. The minimum absolute atomic E-state index is 0.00812. The summed E-state index contributed by atoms with van der Waals surface area (Å²) in [5.41, 5.74) is 3.50. The minimum Gasteiger partial charge on any atom is -0.494 e. The number of carbonyl (C=O) groups excluding carboxylic acids is 1. The van der Waals surface area contributed by atoms with Crippen molar-refractivity contribution in [2.24, 2.45) is 0 Å². The Balaban J connectivity index is 1.72. The number of amides is 1. The highest BCUT2D eigenvalue weighted by molar-refractivity contribution is 6.30. The molecule has 0 saturated heterocycles. The molecule has 0 spiro atoms. The molecule has 0 aliphatic heterocycles. The Morgan fingerprint density at radius 2 is 1.97 bits per heavy atom. The number of aromatic nitrogens is 4. The zero-order chi connectivity index (χ0) is 27.4. The van der Waals surface area contributed by atoms with Crippen molar-refractivity contribution >= 4 is 51.7 Å². The van der Waals surface area contributed by atoms with Gasteiger partial charge in [-0.05, 0) is 44.4 Å². The highest BCUT2D eigenvalue weighted by Gasteiger charge is 2.17. The largest absolute Gasteiger partial charge is 0.494 e. The molecule has 12 heteroatoms. The number of rotatable bonds is 10. The second-order valence-corrected chi connectivity index (χ2v) is 9.14. The summed E-state index contributed by atoms with van der Waals surface area (Å²) in [6.45, 7) is 5.09. The predicted octanol–water partition coefficient (Wildman–Crippen LogP) is 4.48. The van der Waals surface area contributed by atoms with Gasteiger partial charge < -0.3 is 25.2 Å². The monoisotopic (exact) mass is 538 g/mol. The van der Waals surface area contributed by atoms with Crippen LogP contribution in [-0.4, -0.2) is 71.7 Å². The molecule has 2 N–H and O–H groups in total. The average Bonchev–Trinajstić information content (AvgIpc) is 3.32. The van der Waals surface area contributed by atoms with Crippen LogP contribution < -0.4 is 20.3 Å². The second-order valence-electron chi connectivity index (χ2n) is 8.73. The standard InChI is InChI=1S/C26H28ClFN8O2/c1-6-24(37)31-19-12-20(23(38-5)13-22(19)35(4)10-9-34(2)3)32-26-29-14-21-25(33-26)36(15-30-21)16-7-8-18(28)17(27)11-16/h6-8,11-15H,1,9-10H2,2-5H3,(H,31,37)(H,29,32,33). The molecule has 0 aliphatic carbocycles. The SMILES string of the molecule is C=CC(=O)Nc1cc(Nc2ncc3ncn(-c4ccc(F)c(Cl)c4)c3n2)c(OC)cc1N(C)CCN(C)C. The lowest BCUT2D eigenvalue weighted by atomic mass is 10.2. The first-order valence-electron chi connectivity index (χ1n) is 11.6. The summed E-state index contributed by atoms with van der Waals surface area (Å²) in [6, 6.07) is 7.95. The van der Waals surface area contributed by atoms with Gasteiger partial charge in [0.2, 0.25) is 11.9 Å². The molecule has 10 nitrogen and oxygen atoms in total. The number of fused-ring (bicyclic) bond motifs is 1. The van der Waals surface area contributed by atoms with Crippen molar-refractivity contribution in [2.45, 2.75) is 0 Å². The van der Waals surface area contributed by atoms with Crippen LogP contribution in [0, 0.1) is 5.82 Å². The van der Waals surface area contributed by atoms with Crippen molar-refractivity contribution in [3.63, 3.8) is 0 Å². The van der Waals surface area contributed by atoms with E-state index in [1.807, 2.05) is 32.1 Å². The van der Waals surface area contributed by atoms with E-state index in [0.717, 1.165) is 18.8 Å². The summed E-state index contributed by atoms with van der Waals surface area (Å²) in [5, 5.41) is 6.03. The highest BCUT2D eigenvalue weighted by atomic mass is 35.5. The zero-order valence-electron chi connectivity index (χ0n) is 21.5. The molecule has 4 aromatic rings. The number of likely N-dealkylation sites (N-methyl/N-ethyl adjacent to an activating group) is 2. The summed E-state index contributed by atoms with van der Waals surface area (Å²) < 4.78 is 21.0. The maximum Gasteiger partial charge on any atom is 0.247 e. The Morgan fingerprint density at radius 1 is 1.18 bits per heavy atom. The lowest BCUT2D eigenvalue weighted by Gasteiger charge is -2.25. The van der Waals surface area contributed by atoms with Gasteiger partial charge in [-0.3, -0.25) is 9.36 Å². The van der Waals surface area contributed by atoms with E-state index in [2.05, 4.69) is 37.1 Å². The van der Waals surface area contributed by atoms with E-state index in [1.54, 1.807) is 36.3 Å². The molecule has 0 fully saturated rings. The quantitative estimate of drug-likeness (QED) is 0.285. The number of hydrogen-bond donors (Lipinski definition) is 2. The molecule has 2 heterocycles. The second kappa shape index (κ2) is 11.4. The minimum atomic E-state index is -0.515. The van der Waals surface area contributed by atoms with Crippen LogP contribution >= 0.6 is 11.6 Å². The molecule has 0 saturated carbocycles. The predicted molar refractivity (Wildman–Crippen MR) is 149 cm³/mol. The molecule has 0 aliphatic rings. The Morgan fingerprint density at radius 3 is 2.66 bits per heavy atom. The topological polar surface area (TPSA) is 100 Å². The summed E-state index contributed by atoms with van der Waals surface area (Å²) in [7, 11) is 7.49. The number of benzene rings is 2. The van der Waals surface area contributed by atoms with Crippen LogP contribution in [0.5, 0.6) is 5.75 Å². The van der Waals surface area contributed by atoms with Gasteiger partial charge in [0.15, 0.2) is 5.65 Å². The van der Waals surface area contributed by atoms with Crippen molar-refractivity contribution < 1.29 is 13.9 Å². The molecular formula is C26H28ClFN8O2. The molecule has 2 aromatic carbocycles. The van der Waals surface area contributed by atoms with E-state index in [9.17, 15) is 9.18 Å². The molecule has 198 valence electrons. The van der Waals surface area contributed by atoms with Crippen molar-refractivity contribution in [3.8, 4) is 11.4 Å². The lowest BCUT2D eigenvalue weighted by molar-refractivity contribution is -0.111. The van der Waals surface area contributed by atoms with Crippen LogP contribution in [0.4, 0.5) is 27.4 Å². The molecule has 4 rings (SSSR count).